The minimum Gasteiger partial charge on any atom is -0.501 e. The average molecular weight is 213 g/mol. The molecule has 0 heterocycles. The van der Waals surface area contributed by atoms with Crippen molar-refractivity contribution < 1.29 is 18.3 Å². The number of nitrogens with one attached hydrogen (secondary N) is 1. The van der Waals surface area contributed by atoms with Gasteiger partial charge < -0.3 is 10.1 Å². The van der Waals surface area contributed by atoms with E-state index < -0.39 is 17.6 Å². The topological polar surface area (TPSA) is 38.3 Å². The molecule has 0 radical (unpaired) electrons. The molecule has 0 atom stereocenters. The Bertz CT molecular complexity index is 374. The number of anilines is 1. The normalized spacial score (nSPS) is 11.0. The van der Waals surface area contributed by atoms with E-state index in [1.165, 1.54) is 19.2 Å². The second kappa shape index (κ2) is 5.09. The van der Waals surface area contributed by atoms with Crippen LogP contribution in [0.25, 0.3) is 0 Å². The maximum atomic E-state index is 12.8. The fourth-order valence-corrected chi connectivity index (χ4v) is 0.881. The van der Waals surface area contributed by atoms with Crippen LogP contribution >= 0.6 is 0 Å². The fraction of sp³-hybridized carbons (Fsp3) is 0.100. The Hall–Kier alpha value is -1.91. The molecule has 0 fully saturated rings. The Morgan fingerprint density at radius 2 is 2.00 bits per heavy atom. The molecule has 1 amide bonds. The predicted molar refractivity (Wildman–Crippen MR) is 51.2 cm³/mol. The van der Waals surface area contributed by atoms with Gasteiger partial charge in [0, 0.05) is 5.69 Å². The number of carbonyl (C=O) groups excluding carboxylic acids is 1. The van der Waals surface area contributed by atoms with E-state index >= 15 is 0 Å². The second-order valence-electron chi connectivity index (χ2n) is 2.66. The van der Waals surface area contributed by atoms with E-state index in [0.29, 0.717) is 11.9 Å². The Labute approximate surface area is 85.4 Å². The zero-order chi connectivity index (χ0) is 11.3. The molecule has 5 heteroatoms. The van der Waals surface area contributed by atoms with Crippen molar-refractivity contribution in [2.75, 3.05) is 12.4 Å². The SMILES string of the molecule is CO/C=C(/F)C(=O)Nc1ccc(F)cc1. The van der Waals surface area contributed by atoms with Crippen molar-refractivity contribution in [3.8, 4) is 0 Å². The lowest BCUT2D eigenvalue weighted by molar-refractivity contribution is -0.114. The Morgan fingerprint density at radius 1 is 1.40 bits per heavy atom. The number of carbonyl (C=O) groups is 1. The van der Waals surface area contributed by atoms with Crippen LogP contribution in [0.3, 0.4) is 0 Å². The van der Waals surface area contributed by atoms with Gasteiger partial charge in [-0.25, -0.2) is 4.39 Å². The van der Waals surface area contributed by atoms with E-state index in [4.69, 9.17) is 0 Å². The van der Waals surface area contributed by atoms with Crippen molar-refractivity contribution in [1.29, 1.82) is 0 Å². The molecular weight excluding hydrogens is 204 g/mol. The van der Waals surface area contributed by atoms with Gasteiger partial charge in [0.2, 0.25) is 5.83 Å². The summed E-state index contributed by atoms with van der Waals surface area (Å²) in [5, 5.41) is 2.22. The fourth-order valence-electron chi connectivity index (χ4n) is 0.881. The Kier molecular flexibility index (Phi) is 3.79. The number of halogens is 2. The van der Waals surface area contributed by atoms with Crippen LogP contribution in [0.1, 0.15) is 0 Å². The molecule has 0 unspecified atom stereocenters. The third kappa shape index (κ3) is 3.38. The van der Waals surface area contributed by atoms with Crippen LogP contribution in [-0.4, -0.2) is 13.0 Å². The summed E-state index contributed by atoms with van der Waals surface area (Å²) in [5.74, 6) is -2.42. The van der Waals surface area contributed by atoms with Crippen LogP contribution in [-0.2, 0) is 9.53 Å². The average Bonchev–Trinajstić information content (AvgIpc) is 2.22. The van der Waals surface area contributed by atoms with E-state index in [2.05, 4.69) is 10.1 Å². The maximum absolute atomic E-state index is 12.8. The van der Waals surface area contributed by atoms with Crippen LogP contribution < -0.4 is 5.32 Å². The molecule has 0 spiro atoms. The molecule has 80 valence electrons. The van der Waals surface area contributed by atoms with Gasteiger partial charge in [0.15, 0.2) is 0 Å². The van der Waals surface area contributed by atoms with Gasteiger partial charge in [0.05, 0.1) is 7.11 Å². The van der Waals surface area contributed by atoms with Crippen LogP contribution in [0, 0.1) is 5.82 Å². The maximum Gasteiger partial charge on any atom is 0.287 e. The van der Waals surface area contributed by atoms with Gasteiger partial charge in [0.25, 0.3) is 5.91 Å². The van der Waals surface area contributed by atoms with Gasteiger partial charge in [-0.05, 0) is 24.3 Å². The van der Waals surface area contributed by atoms with Gasteiger partial charge in [-0.3, -0.25) is 4.79 Å². The highest BCUT2D eigenvalue weighted by Crippen LogP contribution is 2.10. The third-order valence-corrected chi connectivity index (χ3v) is 1.54. The smallest absolute Gasteiger partial charge is 0.287 e. The lowest BCUT2D eigenvalue weighted by Gasteiger charge is -2.02. The summed E-state index contributed by atoms with van der Waals surface area (Å²) in [6.07, 6.45) is 0.679. The van der Waals surface area contributed by atoms with Gasteiger partial charge in [0.1, 0.15) is 12.1 Å². The lowest BCUT2D eigenvalue weighted by atomic mass is 10.3. The van der Waals surface area contributed by atoms with Crippen molar-refractivity contribution in [2.24, 2.45) is 0 Å². The molecule has 1 rings (SSSR count). The highest BCUT2D eigenvalue weighted by atomic mass is 19.1. The monoisotopic (exact) mass is 213 g/mol. The molecule has 0 saturated heterocycles. The van der Waals surface area contributed by atoms with Crippen molar-refractivity contribution >= 4 is 11.6 Å². The highest BCUT2D eigenvalue weighted by molar-refractivity contribution is 6.01. The summed E-state index contributed by atoms with van der Waals surface area (Å²) in [7, 11) is 1.23. The third-order valence-electron chi connectivity index (χ3n) is 1.54. The van der Waals surface area contributed by atoms with Gasteiger partial charge >= 0.3 is 0 Å². The Morgan fingerprint density at radius 3 is 2.53 bits per heavy atom. The molecule has 1 aromatic carbocycles. The van der Waals surface area contributed by atoms with Crippen molar-refractivity contribution in [3.63, 3.8) is 0 Å². The molecule has 0 aromatic heterocycles. The first-order valence-corrected chi connectivity index (χ1v) is 4.09. The number of benzene rings is 1. The standard InChI is InChI=1S/C10H9F2NO2/c1-15-6-9(12)10(14)13-8-4-2-7(11)3-5-8/h2-6H,1H3,(H,13,14)/b9-6+. The first-order valence-electron chi connectivity index (χ1n) is 4.09. The minimum atomic E-state index is -1.05. The summed E-state index contributed by atoms with van der Waals surface area (Å²) in [5.41, 5.74) is 0.307. The van der Waals surface area contributed by atoms with Crippen molar-refractivity contribution in [2.45, 2.75) is 0 Å². The summed E-state index contributed by atoms with van der Waals surface area (Å²) < 4.78 is 29.6. The zero-order valence-corrected chi connectivity index (χ0v) is 7.96. The van der Waals surface area contributed by atoms with Crippen molar-refractivity contribution in [3.05, 3.63) is 42.2 Å². The molecule has 0 aliphatic carbocycles. The van der Waals surface area contributed by atoms with E-state index in [1.807, 2.05) is 0 Å². The van der Waals surface area contributed by atoms with E-state index in [1.54, 1.807) is 0 Å². The van der Waals surface area contributed by atoms with Crippen LogP contribution in [0.5, 0.6) is 0 Å². The first kappa shape index (κ1) is 11.2. The summed E-state index contributed by atoms with van der Waals surface area (Å²) in [4.78, 5) is 11.1. The molecule has 0 saturated carbocycles. The van der Waals surface area contributed by atoms with E-state index in [0.717, 1.165) is 12.1 Å². The van der Waals surface area contributed by atoms with E-state index in [9.17, 15) is 13.6 Å². The van der Waals surface area contributed by atoms with Gasteiger partial charge in [-0.15, -0.1) is 0 Å². The summed E-state index contributed by atoms with van der Waals surface area (Å²) >= 11 is 0. The number of hydrogen-bond acceptors (Lipinski definition) is 2. The Balaban J connectivity index is 2.66. The van der Waals surface area contributed by atoms with Crippen LogP contribution in [0.4, 0.5) is 14.5 Å². The van der Waals surface area contributed by atoms with Crippen LogP contribution in [0.2, 0.25) is 0 Å². The summed E-state index contributed by atoms with van der Waals surface area (Å²) in [6.45, 7) is 0. The van der Waals surface area contributed by atoms with Crippen LogP contribution in [0.15, 0.2) is 36.4 Å². The molecule has 0 bridgehead atoms. The molecular formula is C10H9F2NO2. The molecule has 15 heavy (non-hydrogen) atoms. The molecule has 0 aliphatic heterocycles. The number of ether oxygens (including phenoxy) is 1. The number of hydrogen-bond donors (Lipinski definition) is 1. The zero-order valence-electron chi connectivity index (χ0n) is 7.96. The summed E-state index contributed by atoms with van der Waals surface area (Å²) in [6, 6.07) is 4.97. The first-order chi connectivity index (χ1) is 7.13. The lowest BCUT2D eigenvalue weighted by Crippen LogP contribution is -2.12. The molecule has 3 nitrogen and oxygen atoms in total. The number of methoxy groups -OCH3 is 1. The quantitative estimate of drug-likeness (QED) is 0.617. The number of rotatable bonds is 3. The molecule has 1 aromatic rings. The number of amides is 1. The molecule has 1 N–H and O–H groups in total. The molecule has 0 aliphatic rings. The predicted octanol–water partition coefficient (Wildman–Crippen LogP) is 2.22. The van der Waals surface area contributed by atoms with Gasteiger partial charge in [-0.1, -0.05) is 0 Å². The van der Waals surface area contributed by atoms with Gasteiger partial charge in [-0.2, -0.15) is 4.39 Å². The highest BCUT2D eigenvalue weighted by Gasteiger charge is 2.08. The van der Waals surface area contributed by atoms with E-state index in [-0.39, 0.29) is 0 Å². The second-order valence-corrected chi connectivity index (χ2v) is 2.66. The minimum absolute atomic E-state index is 0.307. The largest absolute Gasteiger partial charge is 0.501 e. The van der Waals surface area contributed by atoms with Crippen molar-refractivity contribution in [1.82, 2.24) is 0 Å².